The summed E-state index contributed by atoms with van der Waals surface area (Å²) >= 11 is 11.4. The Morgan fingerprint density at radius 1 is 1.07 bits per heavy atom. The van der Waals surface area contributed by atoms with Gasteiger partial charge in [-0.25, -0.2) is 0 Å². The van der Waals surface area contributed by atoms with Crippen LogP contribution in [-0.2, 0) is 4.74 Å². The SMILES string of the molecule is O=C(NC(NCCCN1CCOCC1)(C(F)(F)F)C(F)(F)F)c1ccc(Cl)cc1Cl. The van der Waals surface area contributed by atoms with Crippen molar-refractivity contribution < 1.29 is 35.9 Å². The molecule has 0 spiro atoms. The molecule has 1 amide bonds. The molecule has 1 aromatic carbocycles. The van der Waals surface area contributed by atoms with Gasteiger partial charge in [-0.1, -0.05) is 23.2 Å². The maximum Gasteiger partial charge on any atom is 0.434 e. The van der Waals surface area contributed by atoms with Crippen LogP contribution in [-0.4, -0.2) is 68.2 Å². The quantitative estimate of drug-likeness (QED) is 0.352. The fraction of sp³-hybridized carbons (Fsp3) is 0.588. The molecular formula is C17H19Cl2F6N3O2. The number of hydrogen-bond donors (Lipinski definition) is 2. The number of rotatable bonds is 7. The van der Waals surface area contributed by atoms with Gasteiger partial charge in [-0.3, -0.25) is 15.0 Å². The zero-order valence-electron chi connectivity index (χ0n) is 15.5. The van der Waals surface area contributed by atoms with Gasteiger partial charge in [0.1, 0.15) is 0 Å². The van der Waals surface area contributed by atoms with E-state index in [0.717, 1.165) is 23.5 Å². The molecule has 0 unspecified atom stereocenters. The van der Waals surface area contributed by atoms with E-state index in [9.17, 15) is 31.1 Å². The lowest BCUT2D eigenvalue weighted by Crippen LogP contribution is -2.75. The molecule has 30 heavy (non-hydrogen) atoms. The van der Waals surface area contributed by atoms with Gasteiger partial charge in [0.25, 0.3) is 11.6 Å². The Hall–Kier alpha value is -1.27. The van der Waals surface area contributed by atoms with Crippen LogP contribution in [0.1, 0.15) is 16.8 Å². The molecule has 1 aliphatic rings. The van der Waals surface area contributed by atoms with Crippen LogP contribution in [0.5, 0.6) is 0 Å². The van der Waals surface area contributed by atoms with Gasteiger partial charge in [0.2, 0.25) is 0 Å². The van der Waals surface area contributed by atoms with Gasteiger partial charge in [-0.15, -0.1) is 0 Å². The van der Waals surface area contributed by atoms with Crippen LogP contribution in [0.25, 0.3) is 0 Å². The second-order valence-corrected chi connectivity index (χ2v) is 7.40. The van der Waals surface area contributed by atoms with Crippen molar-refractivity contribution >= 4 is 29.1 Å². The Kier molecular flexibility index (Phi) is 8.25. The number of carbonyl (C=O) groups is 1. The summed E-state index contributed by atoms with van der Waals surface area (Å²) in [5, 5.41) is 2.22. The van der Waals surface area contributed by atoms with E-state index in [2.05, 4.69) is 0 Å². The van der Waals surface area contributed by atoms with Gasteiger partial charge >= 0.3 is 12.4 Å². The summed E-state index contributed by atoms with van der Waals surface area (Å²) in [6, 6.07) is 3.10. The number of nitrogens with one attached hydrogen (secondary N) is 2. The molecule has 1 aliphatic heterocycles. The first-order valence-electron chi connectivity index (χ1n) is 8.83. The van der Waals surface area contributed by atoms with Crippen LogP contribution in [0.2, 0.25) is 10.0 Å². The van der Waals surface area contributed by atoms with Crippen molar-refractivity contribution in [2.75, 3.05) is 39.4 Å². The van der Waals surface area contributed by atoms with E-state index in [1.807, 2.05) is 4.90 Å². The van der Waals surface area contributed by atoms with E-state index in [0.29, 0.717) is 26.3 Å². The maximum atomic E-state index is 13.6. The average molecular weight is 482 g/mol. The second kappa shape index (κ2) is 9.90. The van der Waals surface area contributed by atoms with Crippen molar-refractivity contribution in [3.8, 4) is 0 Å². The molecule has 1 heterocycles. The average Bonchev–Trinajstić information content (AvgIpc) is 2.63. The molecule has 0 saturated carbocycles. The van der Waals surface area contributed by atoms with Crippen LogP contribution >= 0.6 is 23.2 Å². The van der Waals surface area contributed by atoms with E-state index in [1.54, 1.807) is 0 Å². The predicted octanol–water partition coefficient (Wildman–Crippen LogP) is 3.86. The van der Waals surface area contributed by atoms with E-state index in [4.69, 9.17) is 27.9 Å². The molecular weight excluding hydrogens is 463 g/mol. The first-order valence-corrected chi connectivity index (χ1v) is 9.59. The number of benzene rings is 1. The van der Waals surface area contributed by atoms with Gasteiger partial charge in [0.05, 0.1) is 23.8 Å². The number of hydrogen-bond acceptors (Lipinski definition) is 4. The zero-order chi connectivity index (χ0) is 22.6. The van der Waals surface area contributed by atoms with E-state index in [1.165, 1.54) is 5.32 Å². The van der Waals surface area contributed by atoms with E-state index < -0.39 is 36.0 Å². The highest BCUT2D eigenvalue weighted by Crippen LogP contribution is 2.41. The van der Waals surface area contributed by atoms with Crippen molar-refractivity contribution in [1.29, 1.82) is 0 Å². The Morgan fingerprint density at radius 3 is 2.20 bits per heavy atom. The van der Waals surface area contributed by atoms with E-state index in [-0.39, 0.29) is 23.0 Å². The van der Waals surface area contributed by atoms with Crippen molar-refractivity contribution in [3.63, 3.8) is 0 Å². The summed E-state index contributed by atoms with van der Waals surface area (Å²) < 4.78 is 86.8. The number of morpholine rings is 1. The fourth-order valence-electron chi connectivity index (χ4n) is 2.86. The van der Waals surface area contributed by atoms with Crippen LogP contribution < -0.4 is 10.6 Å². The molecule has 5 nitrogen and oxygen atoms in total. The van der Waals surface area contributed by atoms with Crippen LogP contribution in [0, 0.1) is 0 Å². The molecule has 0 bridgehead atoms. The number of carbonyl (C=O) groups excluding carboxylic acids is 1. The molecule has 1 fully saturated rings. The summed E-state index contributed by atoms with van der Waals surface area (Å²) in [4.78, 5) is 14.1. The molecule has 1 aromatic rings. The topological polar surface area (TPSA) is 53.6 Å². The molecule has 0 aliphatic carbocycles. The van der Waals surface area contributed by atoms with Gasteiger partial charge in [0.15, 0.2) is 0 Å². The van der Waals surface area contributed by atoms with Gasteiger partial charge in [-0.05, 0) is 37.7 Å². The molecule has 170 valence electrons. The summed E-state index contributed by atoms with van der Waals surface area (Å²) in [5.74, 6) is -1.65. The van der Waals surface area contributed by atoms with Crippen molar-refractivity contribution in [3.05, 3.63) is 33.8 Å². The molecule has 1 saturated heterocycles. The first-order chi connectivity index (χ1) is 13.9. The molecule has 2 N–H and O–H groups in total. The smallest absolute Gasteiger partial charge is 0.379 e. The third kappa shape index (κ3) is 5.91. The molecule has 0 atom stereocenters. The van der Waals surface area contributed by atoms with Gasteiger partial charge in [0, 0.05) is 18.1 Å². The van der Waals surface area contributed by atoms with E-state index >= 15 is 0 Å². The van der Waals surface area contributed by atoms with Crippen molar-refractivity contribution in [2.45, 2.75) is 24.4 Å². The monoisotopic (exact) mass is 481 g/mol. The number of amides is 1. The second-order valence-electron chi connectivity index (χ2n) is 6.56. The fourth-order valence-corrected chi connectivity index (χ4v) is 3.36. The van der Waals surface area contributed by atoms with Gasteiger partial charge in [-0.2, -0.15) is 26.3 Å². The molecule has 0 aromatic heterocycles. The molecule has 0 radical (unpaired) electrons. The summed E-state index contributed by atoms with van der Waals surface area (Å²) in [5.41, 5.74) is -5.22. The largest absolute Gasteiger partial charge is 0.434 e. The summed E-state index contributed by atoms with van der Waals surface area (Å²) in [6.45, 7) is 1.59. The van der Waals surface area contributed by atoms with Crippen molar-refractivity contribution in [2.24, 2.45) is 0 Å². The minimum absolute atomic E-state index is 0.00845. The third-order valence-corrected chi connectivity index (χ3v) is 5.02. The minimum atomic E-state index is -5.88. The first kappa shape index (κ1) is 25.0. The normalized spacial score (nSPS) is 16.5. The predicted molar refractivity (Wildman–Crippen MR) is 98.6 cm³/mol. The Morgan fingerprint density at radius 2 is 1.67 bits per heavy atom. The third-order valence-electron chi connectivity index (χ3n) is 4.47. The Balaban J connectivity index is 2.19. The lowest BCUT2D eigenvalue weighted by Gasteiger charge is -2.38. The Labute approximate surface area is 178 Å². The highest BCUT2D eigenvalue weighted by atomic mass is 35.5. The van der Waals surface area contributed by atoms with Gasteiger partial charge < -0.3 is 10.1 Å². The lowest BCUT2D eigenvalue weighted by atomic mass is 10.1. The van der Waals surface area contributed by atoms with Crippen LogP contribution in [0.4, 0.5) is 26.3 Å². The standard InChI is InChI=1S/C17H19Cl2F6N3O2/c18-11-2-3-12(13(19)10-11)14(29)27-15(16(20,21)22,17(23,24)25)26-4-1-5-28-6-8-30-9-7-28/h2-3,10,26H,1,4-9H2,(H,27,29). The number of nitrogens with zero attached hydrogens (tertiary/aromatic N) is 1. The van der Waals surface area contributed by atoms with Crippen molar-refractivity contribution in [1.82, 2.24) is 15.5 Å². The molecule has 13 heteroatoms. The Bertz CT molecular complexity index is 725. The highest BCUT2D eigenvalue weighted by Gasteiger charge is 2.72. The number of halogens is 8. The number of alkyl halides is 6. The van der Waals surface area contributed by atoms with Crippen LogP contribution in [0.15, 0.2) is 18.2 Å². The minimum Gasteiger partial charge on any atom is -0.379 e. The zero-order valence-corrected chi connectivity index (χ0v) is 17.0. The number of ether oxygens (including phenoxy) is 1. The summed E-state index contributed by atoms with van der Waals surface area (Å²) in [7, 11) is 0. The maximum absolute atomic E-state index is 13.6. The van der Waals surface area contributed by atoms with Crippen LogP contribution in [0.3, 0.4) is 0 Å². The highest BCUT2D eigenvalue weighted by molar-refractivity contribution is 6.36. The summed E-state index contributed by atoms with van der Waals surface area (Å²) in [6.07, 6.45) is -11.8. The lowest BCUT2D eigenvalue weighted by molar-refractivity contribution is -0.314. The molecule has 2 rings (SSSR count).